The van der Waals surface area contributed by atoms with Crippen molar-refractivity contribution >= 4 is 360 Å². The first-order valence-electron chi connectivity index (χ1n) is 47.1. The van der Waals surface area contributed by atoms with Gasteiger partial charge in [0, 0.05) is 82.8 Å². The second-order valence-electron chi connectivity index (χ2n) is 36.0. The average molecular weight is 2010 g/mol. The Hall–Kier alpha value is -16.4. The Labute approximate surface area is 813 Å². The Balaban J connectivity index is 0.0000000844. The molecule has 20 aromatic carbocycles. The van der Waals surface area contributed by atoms with E-state index < -0.39 is 58.7 Å². The lowest BCUT2D eigenvalue weighted by Gasteiger charge is -2.17. The molecule has 0 fully saturated rings. The van der Waals surface area contributed by atoms with Crippen molar-refractivity contribution < 1.29 is 70.7 Å². The first-order valence-corrected chi connectivity index (χ1v) is 57.8. The molecule has 6 atom stereocenters. The second kappa shape index (κ2) is 30.6. The Morgan fingerprint density at radius 2 is 0.257 bits per heavy atom. The van der Waals surface area contributed by atoms with Crippen LogP contribution >= 0.6 is 58.7 Å². The third kappa shape index (κ3) is 11.6. The molecule has 0 N–H and O–H groups in total. The van der Waals surface area contributed by atoms with Crippen LogP contribution in [0, 0.1) is 0 Å². The van der Waals surface area contributed by atoms with Crippen LogP contribution in [0.3, 0.4) is 0 Å². The molecular weight excluding hydrogens is 1950 g/mol. The van der Waals surface area contributed by atoms with E-state index in [1.54, 1.807) is 0 Å². The molecular formula is C120H64O16P8. The zero-order valence-corrected chi connectivity index (χ0v) is 82.2. The fourth-order valence-corrected chi connectivity index (χ4v) is 43.0. The number of para-hydroxylation sites is 10. The van der Waals surface area contributed by atoms with Crippen LogP contribution in [0.4, 0.5) is 0 Å². The number of hydrogen-bond acceptors (Lipinski definition) is 16. The minimum absolute atomic E-state index is 0.757. The van der Waals surface area contributed by atoms with Crippen LogP contribution < -0.4 is 0 Å². The van der Waals surface area contributed by atoms with Gasteiger partial charge in [0.15, 0.2) is 27.9 Å². The minimum atomic E-state index is -0.932. The summed E-state index contributed by atoms with van der Waals surface area (Å²) in [5.74, 6) is 0. The number of rotatable bonds is 0. The van der Waals surface area contributed by atoms with E-state index in [4.69, 9.17) is 70.7 Å². The van der Waals surface area contributed by atoms with Crippen LogP contribution in [-0.2, 0) is 0 Å². The molecule has 24 heteroatoms. The van der Waals surface area contributed by atoms with E-state index in [1.165, 1.54) is 66.5 Å². The van der Waals surface area contributed by atoms with E-state index in [1.807, 2.05) is 164 Å². The summed E-state index contributed by atoms with van der Waals surface area (Å²) in [4.78, 5) is 0. The molecule has 0 aliphatic carbocycles. The first-order chi connectivity index (χ1) is 71.4. The molecule has 0 aliphatic heterocycles. The third-order valence-corrected chi connectivity index (χ3v) is 48.5. The molecule has 0 saturated carbocycles. The summed E-state index contributed by atoms with van der Waals surface area (Å²) in [7, 11) is -6.98. The Morgan fingerprint density at radius 3 is 0.521 bits per heavy atom. The smallest absolute Gasteiger partial charge is 0.186 e. The molecule has 0 spiro atoms. The van der Waals surface area contributed by atoms with E-state index in [0.29, 0.717) is 0 Å². The van der Waals surface area contributed by atoms with Gasteiger partial charge in [-0.3, -0.25) is 0 Å². The van der Waals surface area contributed by atoms with Crippen LogP contribution in [0.5, 0.6) is 0 Å². The Bertz CT molecular complexity index is 11400. The van der Waals surface area contributed by atoms with Gasteiger partial charge >= 0.3 is 0 Å². The van der Waals surface area contributed by atoms with Crippen molar-refractivity contribution in [1.82, 2.24) is 0 Å². The van der Waals surface area contributed by atoms with E-state index in [-0.39, 0.29) is 0 Å². The zero-order chi connectivity index (χ0) is 93.5. The lowest BCUT2D eigenvalue weighted by molar-refractivity contribution is 0.612. The molecule has 144 heavy (non-hydrogen) atoms. The largest absolute Gasteiger partial charge is 0.455 e. The molecule has 0 amide bonds. The fraction of sp³-hybridized carbons (Fsp3) is 0. The summed E-state index contributed by atoms with van der Waals surface area (Å²) in [6.07, 6.45) is 0. The maximum Gasteiger partial charge on any atom is 0.186 e. The molecule has 6 unspecified atom stereocenters. The molecule has 0 aliphatic rings. The van der Waals surface area contributed by atoms with Gasteiger partial charge in [0.1, 0.15) is 151 Å². The van der Waals surface area contributed by atoms with Crippen molar-refractivity contribution in [2.75, 3.05) is 0 Å². The lowest BCUT2D eigenvalue weighted by atomic mass is 10.3. The monoisotopic (exact) mass is 2010 g/mol. The Kier molecular flexibility index (Phi) is 17.0. The quantitative estimate of drug-likeness (QED) is 0.102. The van der Waals surface area contributed by atoms with Crippen molar-refractivity contribution in [1.29, 1.82) is 0 Å². The molecule has 680 valence electrons. The van der Waals surface area contributed by atoms with E-state index in [0.717, 1.165) is 235 Å². The first kappa shape index (κ1) is 80.3. The van der Waals surface area contributed by atoms with Crippen LogP contribution in [0.15, 0.2) is 459 Å². The molecule has 0 radical (unpaired) electrons. The summed E-state index contributed by atoms with van der Waals surface area (Å²) in [5, 5.41) is 27.9. The number of benzene rings is 20. The fourth-order valence-electron chi connectivity index (χ4n) is 22.0. The van der Waals surface area contributed by atoms with Gasteiger partial charge in [0.2, 0.25) is 0 Å². The van der Waals surface area contributed by atoms with Crippen LogP contribution in [0.2, 0.25) is 0 Å². The van der Waals surface area contributed by atoms with Crippen molar-refractivity contribution in [3.63, 3.8) is 0 Å². The molecule has 16 aromatic heterocycles. The van der Waals surface area contributed by atoms with E-state index >= 15 is 0 Å². The summed E-state index contributed by atoms with van der Waals surface area (Å²) < 4.78 is 104. The highest BCUT2D eigenvalue weighted by molar-refractivity contribution is 7.67. The summed E-state index contributed by atoms with van der Waals surface area (Å²) in [6.45, 7) is 0. The lowest BCUT2D eigenvalue weighted by Crippen LogP contribution is -1.86. The van der Waals surface area contributed by atoms with Gasteiger partial charge < -0.3 is 70.7 Å². The Morgan fingerprint density at radius 1 is 0.0903 bits per heavy atom. The van der Waals surface area contributed by atoms with Crippen molar-refractivity contribution in [2.24, 2.45) is 0 Å². The molecule has 36 rings (SSSR count). The maximum absolute atomic E-state index is 6.80. The predicted octanol–water partition coefficient (Wildman–Crippen LogP) is 43.9. The summed E-state index contributed by atoms with van der Waals surface area (Å²) >= 11 is 0. The topological polar surface area (TPSA) is 210 Å². The molecule has 0 bridgehead atoms. The van der Waals surface area contributed by atoms with Crippen LogP contribution in [-0.4, -0.2) is 0 Å². The highest BCUT2D eigenvalue weighted by Crippen LogP contribution is 2.64. The van der Waals surface area contributed by atoms with Crippen molar-refractivity contribution in [3.05, 3.63) is 388 Å². The van der Waals surface area contributed by atoms with Crippen LogP contribution in [0.25, 0.3) is 301 Å². The second-order valence-corrected chi connectivity index (χ2v) is 52.6. The van der Waals surface area contributed by atoms with Gasteiger partial charge in [0.05, 0.1) is 46.1 Å². The molecule has 36 aromatic rings. The van der Waals surface area contributed by atoms with Crippen molar-refractivity contribution in [3.8, 4) is 0 Å². The van der Waals surface area contributed by atoms with Gasteiger partial charge in [-0.2, -0.15) is 0 Å². The number of hydrogen-bond donors (Lipinski definition) is 0. The predicted molar refractivity (Wildman–Crippen MR) is 598 cm³/mol. The average Bonchev–Trinajstić information content (AvgIpc) is 0.585. The van der Waals surface area contributed by atoms with Crippen molar-refractivity contribution in [2.45, 2.75) is 0 Å². The van der Waals surface area contributed by atoms with E-state index in [9.17, 15) is 0 Å². The van der Waals surface area contributed by atoms with Crippen LogP contribution in [0.1, 0.15) is 0 Å². The highest BCUT2D eigenvalue weighted by Gasteiger charge is 2.30. The molecule has 16 heterocycles. The maximum atomic E-state index is 6.80. The van der Waals surface area contributed by atoms with Gasteiger partial charge in [0.25, 0.3) is 0 Å². The van der Waals surface area contributed by atoms with Gasteiger partial charge in [-0.15, -0.1) is 0 Å². The standard InChI is InChI=1S/4C30H16O4P2/c1-5-13-21-17(9-1)31-25-26-30-28(27-29(25)35(21)22-14-6-2-10-18(22)33-27)34-20-12-4-8-16-24(20)36(30)23-15-7-3-11-19(23)32-26;1-3-13-24-17(7-1)31-19-9-6-12-22-28(19)35(24)26-16-15-23-30(27(26)34-22)36-25-14-4-2-8-18(25)32-20-10-5-11-21(33-23)29(20)36;1-3-13-25-17(7-1)31-19-9-5-11-21-29(19)35(25)27-15-24-28(16-23(27)33-21)36-26-14-4-2-8-18(26)32-20-10-6-12-22(34-24)30(20)36;1-3-13-25-17(7-1)31-19-9-5-11-21-29(19)35(25)27-16-28-24(15-23(27)33-21)34-22-12-6-10-20-30(22)36(28)26-14-4-2-8-18(26)32-20/h4*1-16H. The van der Waals surface area contributed by atoms with Gasteiger partial charge in [-0.1, -0.05) is 216 Å². The summed E-state index contributed by atoms with van der Waals surface area (Å²) in [6, 6.07) is 133. The van der Waals surface area contributed by atoms with E-state index in [2.05, 4.69) is 224 Å². The third-order valence-electron chi connectivity index (χ3n) is 28.0. The molecule has 16 nitrogen and oxygen atoms in total. The number of fused-ring (bicyclic) bond motifs is 35. The zero-order valence-electron chi connectivity index (χ0n) is 75.1. The van der Waals surface area contributed by atoms with Gasteiger partial charge in [-0.25, -0.2) is 0 Å². The normalized spacial score (nSPS) is 13.2. The van der Waals surface area contributed by atoms with Gasteiger partial charge in [-0.05, 0) is 224 Å². The summed E-state index contributed by atoms with van der Waals surface area (Å²) in [5.41, 5.74) is 27.8. The highest BCUT2D eigenvalue weighted by atomic mass is 31.1. The SMILES string of the molecule is c1ccc2c(c1)oc1c3oc4ccccc4p4c5ccccc5oc(c5oc6ccccc6p2c15)c34.c1ccc2c(c1)oc1cccc3oc4c(ccc5oc6cccc7oc8ccccc8p(c76)c54)p2c13.c1ccc2c(c1)oc1cccc3oc4cc5c(cc4p2c13)oc1cccc2oc3ccccc3p5c21.c1ccc2c(c1)oc1cccc3oc4cc5oc6cccc7oc8ccccc8p(c5cc4p2c13)c76. The minimum Gasteiger partial charge on any atom is -0.455 e. The molecule has 0 saturated heterocycles.